The maximum atomic E-state index is 5.51. The number of pyridine rings is 1. The first-order valence-corrected chi connectivity index (χ1v) is 13.2. The van der Waals surface area contributed by atoms with E-state index in [9.17, 15) is 0 Å². The van der Waals surface area contributed by atoms with Gasteiger partial charge < -0.3 is 19.4 Å². The summed E-state index contributed by atoms with van der Waals surface area (Å²) >= 11 is 0. The summed E-state index contributed by atoms with van der Waals surface area (Å²) < 4.78 is 11.0. The van der Waals surface area contributed by atoms with Crippen LogP contribution in [0.3, 0.4) is 0 Å². The van der Waals surface area contributed by atoms with Crippen molar-refractivity contribution >= 4 is 50.4 Å². The number of methoxy groups -OCH3 is 2. The van der Waals surface area contributed by atoms with E-state index < -0.39 is 7.26 Å². The van der Waals surface area contributed by atoms with Gasteiger partial charge in [0.2, 0.25) is 0 Å². The summed E-state index contributed by atoms with van der Waals surface area (Å²) in [5.74, 6) is 1.66. The van der Waals surface area contributed by atoms with Crippen molar-refractivity contribution in [1.82, 2.24) is 15.0 Å². The smallest absolute Gasteiger partial charge is 0.198 e. The number of rotatable bonds is 6. The molecule has 2 N–H and O–H groups in total. The van der Waals surface area contributed by atoms with Crippen molar-refractivity contribution in [3.63, 3.8) is 0 Å². The van der Waals surface area contributed by atoms with Crippen LogP contribution in [0, 0.1) is 0 Å². The number of nitrogens with one attached hydrogen (secondary N) is 2. The molecule has 3 aromatic heterocycles. The molecule has 0 aliphatic heterocycles. The highest BCUT2D eigenvalue weighted by Gasteiger charge is 2.50. The Bertz CT molecular complexity index is 1570. The minimum Gasteiger partial charge on any atom is -0.497 e. The lowest BCUT2D eigenvalue weighted by Gasteiger charge is -2.27. The van der Waals surface area contributed by atoms with Gasteiger partial charge in [-0.1, -0.05) is 6.07 Å². The predicted molar refractivity (Wildman–Crippen MR) is 146 cm³/mol. The Morgan fingerprint density at radius 2 is 1.31 bits per heavy atom. The fourth-order valence-electron chi connectivity index (χ4n) is 4.91. The van der Waals surface area contributed by atoms with E-state index in [2.05, 4.69) is 70.6 Å². The zero-order valence-corrected chi connectivity index (χ0v) is 20.4. The first-order valence-electron chi connectivity index (χ1n) is 11.4. The van der Waals surface area contributed by atoms with E-state index in [1.54, 1.807) is 14.2 Å². The van der Waals surface area contributed by atoms with Gasteiger partial charge in [0.05, 0.1) is 25.9 Å². The van der Waals surface area contributed by atoms with Crippen LogP contribution in [0.5, 0.6) is 11.5 Å². The normalized spacial score (nSPS) is 11.7. The van der Waals surface area contributed by atoms with Crippen molar-refractivity contribution in [3.05, 3.63) is 104 Å². The first-order chi connectivity index (χ1) is 17.2. The molecule has 6 aromatic rings. The third kappa shape index (κ3) is 3.39. The minimum atomic E-state index is -2.41. The van der Waals surface area contributed by atoms with Gasteiger partial charge in [0.25, 0.3) is 0 Å². The summed E-state index contributed by atoms with van der Waals surface area (Å²) in [7, 11) is 0.980. The molecule has 3 heterocycles. The predicted octanol–water partition coefficient (Wildman–Crippen LogP) is 4.68. The average Bonchev–Trinajstić information content (AvgIpc) is 3.59. The van der Waals surface area contributed by atoms with Gasteiger partial charge in [-0.15, -0.1) is 0 Å². The Kier molecular flexibility index (Phi) is 5.28. The fraction of sp³-hybridized carbons (Fsp3) is 0.0690. The number of nitrogens with zero attached hydrogens (tertiary/aromatic N) is 1. The Labute approximate surface area is 204 Å². The standard InChI is InChI=1S/C29H25N3O2P/c1-33-21-6-10-23(11-7-21)35(24-12-8-22(34-2)9-13-24,28-5-3-4-26-25(28)15-17-30-26)29-18-20-14-16-31-27(20)19-32-29/h3-19,30-31H,1-2H3/q+1. The van der Waals surface area contributed by atoms with Gasteiger partial charge >= 0.3 is 0 Å². The van der Waals surface area contributed by atoms with Gasteiger partial charge in [-0.25, -0.2) is 4.98 Å². The summed E-state index contributed by atoms with van der Waals surface area (Å²) in [6.45, 7) is 0. The average molecular weight is 479 g/mol. The van der Waals surface area contributed by atoms with Crippen LogP contribution in [0.1, 0.15) is 0 Å². The number of fused-ring (bicyclic) bond motifs is 2. The zero-order valence-electron chi connectivity index (χ0n) is 19.5. The van der Waals surface area contributed by atoms with E-state index in [1.807, 2.05) is 42.9 Å². The van der Waals surface area contributed by atoms with Crippen LogP contribution in [0.2, 0.25) is 0 Å². The summed E-state index contributed by atoms with van der Waals surface area (Å²) in [4.78, 5) is 11.8. The second-order valence-corrected chi connectivity index (χ2v) is 11.7. The number of hydrogen-bond acceptors (Lipinski definition) is 3. The number of benzene rings is 3. The molecule has 6 heteroatoms. The molecule has 3 aromatic carbocycles. The SMILES string of the molecule is COc1ccc([P+](c2ccc(OC)cc2)(c2cc3cc[nH]c3cn2)c2cccc3[nH]ccc23)cc1. The third-order valence-electron chi connectivity index (χ3n) is 6.62. The molecule has 5 nitrogen and oxygen atoms in total. The molecule has 0 saturated heterocycles. The summed E-state index contributed by atoms with van der Waals surface area (Å²) in [5, 5.41) is 6.01. The Hall–Kier alpha value is -4.08. The lowest BCUT2D eigenvalue weighted by atomic mass is 10.2. The highest BCUT2D eigenvalue weighted by Crippen LogP contribution is 2.55. The molecule has 0 bridgehead atoms. The maximum Gasteiger partial charge on any atom is 0.198 e. The third-order valence-corrected chi connectivity index (χ3v) is 10.8. The second kappa shape index (κ2) is 8.61. The van der Waals surface area contributed by atoms with Crippen LogP contribution in [-0.2, 0) is 0 Å². The molecule has 35 heavy (non-hydrogen) atoms. The van der Waals surface area contributed by atoms with Crippen molar-refractivity contribution in [1.29, 1.82) is 0 Å². The van der Waals surface area contributed by atoms with Crippen molar-refractivity contribution < 1.29 is 9.47 Å². The highest BCUT2D eigenvalue weighted by atomic mass is 31.2. The van der Waals surface area contributed by atoms with E-state index >= 15 is 0 Å². The zero-order chi connectivity index (χ0) is 23.8. The van der Waals surface area contributed by atoms with Crippen LogP contribution in [0.25, 0.3) is 21.8 Å². The summed E-state index contributed by atoms with van der Waals surface area (Å²) in [6, 6.07) is 29.9. The van der Waals surface area contributed by atoms with Crippen LogP contribution < -0.4 is 30.8 Å². The largest absolute Gasteiger partial charge is 0.497 e. The molecule has 0 unspecified atom stereocenters. The molecule has 0 amide bonds. The quantitative estimate of drug-likeness (QED) is 0.342. The Balaban J connectivity index is 1.77. The van der Waals surface area contributed by atoms with Crippen molar-refractivity contribution in [2.75, 3.05) is 14.2 Å². The number of aromatic nitrogens is 3. The summed E-state index contributed by atoms with van der Waals surface area (Å²) in [5.41, 5.74) is 3.18. The number of hydrogen-bond donors (Lipinski definition) is 2. The topological polar surface area (TPSA) is 62.9 Å². The molecule has 0 radical (unpaired) electrons. The lowest BCUT2D eigenvalue weighted by molar-refractivity contribution is 0.415. The molecule has 0 aliphatic carbocycles. The molecule has 0 saturated carbocycles. The van der Waals surface area contributed by atoms with Gasteiger partial charge in [0.1, 0.15) is 27.4 Å². The van der Waals surface area contributed by atoms with Crippen LogP contribution in [-0.4, -0.2) is 29.2 Å². The van der Waals surface area contributed by atoms with Gasteiger partial charge in [-0.05, 0) is 72.8 Å². The monoisotopic (exact) mass is 478 g/mol. The molecule has 0 fully saturated rings. The summed E-state index contributed by atoms with van der Waals surface area (Å²) in [6.07, 6.45) is 5.92. The van der Waals surface area contributed by atoms with Crippen molar-refractivity contribution in [3.8, 4) is 11.5 Å². The molecule has 0 aliphatic rings. The second-order valence-electron chi connectivity index (χ2n) is 8.39. The molecule has 6 rings (SSSR count). The molecule has 0 spiro atoms. The van der Waals surface area contributed by atoms with Gasteiger partial charge in [0.15, 0.2) is 12.7 Å². The van der Waals surface area contributed by atoms with Crippen LogP contribution in [0.4, 0.5) is 0 Å². The van der Waals surface area contributed by atoms with Crippen molar-refractivity contribution in [2.24, 2.45) is 0 Å². The van der Waals surface area contributed by atoms with Crippen LogP contribution in [0.15, 0.2) is 104 Å². The van der Waals surface area contributed by atoms with Gasteiger partial charge in [-0.2, -0.15) is 0 Å². The number of aromatic amines is 2. The number of H-pyrrole nitrogens is 2. The Morgan fingerprint density at radius 1 is 0.686 bits per heavy atom. The van der Waals surface area contributed by atoms with E-state index in [-0.39, 0.29) is 0 Å². The van der Waals surface area contributed by atoms with Gasteiger partial charge in [0, 0.05) is 34.7 Å². The van der Waals surface area contributed by atoms with E-state index in [0.29, 0.717) is 0 Å². The Morgan fingerprint density at radius 3 is 1.97 bits per heavy atom. The van der Waals surface area contributed by atoms with Gasteiger partial charge in [-0.3, -0.25) is 0 Å². The maximum absolute atomic E-state index is 5.51. The lowest BCUT2D eigenvalue weighted by Crippen LogP contribution is -2.40. The van der Waals surface area contributed by atoms with Crippen LogP contribution >= 0.6 is 7.26 Å². The van der Waals surface area contributed by atoms with Crippen molar-refractivity contribution in [2.45, 2.75) is 0 Å². The van der Waals surface area contributed by atoms with E-state index in [4.69, 9.17) is 14.5 Å². The first kappa shape index (κ1) is 21.5. The van der Waals surface area contributed by atoms with E-state index in [0.717, 1.165) is 33.4 Å². The molecular formula is C29H25N3O2P+. The minimum absolute atomic E-state index is 0.829. The molecular weight excluding hydrogens is 453 g/mol. The van der Waals surface area contributed by atoms with E-state index in [1.165, 1.54) is 21.3 Å². The highest BCUT2D eigenvalue weighted by molar-refractivity contribution is 8.01. The number of ether oxygens (including phenoxy) is 2. The molecule has 0 atom stereocenters. The fourth-order valence-corrected chi connectivity index (χ4v) is 9.16. The molecule has 172 valence electrons.